The van der Waals surface area contributed by atoms with Gasteiger partial charge in [0, 0.05) is 24.2 Å². The number of alkyl halides is 3. The molecule has 0 unspecified atom stereocenters. The SMILES string of the molecule is COCC(=NC(=O)c1cc(=O)[nH]c(C(C)(C)C)n1)c1ccc(OC(F)(F)F)c(F)c1. The lowest BCUT2D eigenvalue weighted by Gasteiger charge is -2.17. The monoisotopic (exact) mass is 429 g/mol. The number of aromatic nitrogens is 2. The van der Waals surface area contributed by atoms with Gasteiger partial charge in [0.15, 0.2) is 11.6 Å². The summed E-state index contributed by atoms with van der Waals surface area (Å²) in [4.78, 5) is 34.9. The molecule has 0 fully saturated rings. The van der Waals surface area contributed by atoms with Crippen LogP contribution in [0.1, 0.15) is 42.6 Å². The van der Waals surface area contributed by atoms with Crippen LogP contribution in [0.4, 0.5) is 17.6 Å². The van der Waals surface area contributed by atoms with Gasteiger partial charge in [0.05, 0.1) is 12.3 Å². The van der Waals surface area contributed by atoms with E-state index >= 15 is 0 Å². The first kappa shape index (κ1) is 23.2. The molecule has 0 aliphatic carbocycles. The Morgan fingerprint density at radius 3 is 2.40 bits per heavy atom. The molecule has 162 valence electrons. The van der Waals surface area contributed by atoms with Crippen LogP contribution in [0.3, 0.4) is 0 Å². The zero-order valence-corrected chi connectivity index (χ0v) is 16.6. The second-order valence-corrected chi connectivity index (χ2v) is 7.22. The first-order chi connectivity index (χ1) is 13.8. The van der Waals surface area contributed by atoms with Gasteiger partial charge in [0.1, 0.15) is 11.5 Å². The van der Waals surface area contributed by atoms with Crippen LogP contribution in [0, 0.1) is 5.82 Å². The number of rotatable bonds is 5. The van der Waals surface area contributed by atoms with Crippen LogP contribution in [0.5, 0.6) is 5.75 Å². The topological polar surface area (TPSA) is 93.6 Å². The van der Waals surface area contributed by atoms with Crippen LogP contribution in [0.25, 0.3) is 0 Å². The molecular weight excluding hydrogens is 410 g/mol. The van der Waals surface area contributed by atoms with Crippen molar-refractivity contribution in [3.8, 4) is 5.75 Å². The van der Waals surface area contributed by atoms with Gasteiger partial charge in [-0.1, -0.05) is 20.8 Å². The second-order valence-electron chi connectivity index (χ2n) is 7.22. The van der Waals surface area contributed by atoms with Gasteiger partial charge in [-0.2, -0.15) is 0 Å². The smallest absolute Gasteiger partial charge is 0.403 e. The van der Waals surface area contributed by atoms with Crippen molar-refractivity contribution in [2.75, 3.05) is 13.7 Å². The summed E-state index contributed by atoms with van der Waals surface area (Å²) >= 11 is 0. The Labute approximate surface area is 168 Å². The highest BCUT2D eigenvalue weighted by molar-refractivity contribution is 6.10. The largest absolute Gasteiger partial charge is 0.573 e. The first-order valence-corrected chi connectivity index (χ1v) is 8.58. The highest BCUT2D eigenvalue weighted by atomic mass is 19.4. The van der Waals surface area contributed by atoms with Crippen molar-refractivity contribution in [2.45, 2.75) is 32.5 Å². The van der Waals surface area contributed by atoms with E-state index < -0.39 is 34.8 Å². The fourth-order valence-corrected chi connectivity index (χ4v) is 2.31. The third kappa shape index (κ3) is 6.21. The quantitative estimate of drug-likeness (QED) is 0.581. The zero-order chi connectivity index (χ0) is 22.7. The molecule has 1 amide bonds. The number of carbonyl (C=O) groups excluding carboxylic acids is 1. The van der Waals surface area contributed by atoms with E-state index in [-0.39, 0.29) is 29.4 Å². The predicted octanol–water partition coefficient (Wildman–Crippen LogP) is 3.38. The van der Waals surface area contributed by atoms with Crippen molar-refractivity contribution in [1.82, 2.24) is 9.97 Å². The molecule has 0 spiro atoms. The Bertz CT molecular complexity index is 1020. The molecule has 0 aliphatic rings. The van der Waals surface area contributed by atoms with Crippen LogP contribution in [-0.2, 0) is 10.2 Å². The average Bonchev–Trinajstić information content (AvgIpc) is 2.60. The van der Waals surface area contributed by atoms with E-state index in [0.29, 0.717) is 0 Å². The summed E-state index contributed by atoms with van der Waals surface area (Å²) in [5.41, 5.74) is -1.42. The van der Waals surface area contributed by atoms with Gasteiger partial charge in [-0.3, -0.25) is 9.59 Å². The lowest BCUT2D eigenvalue weighted by Crippen LogP contribution is -2.24. The number of nitrogens with one attached hydrogen (secondary N) is 1. The Kier molecular flexibility index (Phi) is 6.76. The maximum atomic E-state index is 14.0. The number of H-pyrrole nitrogens is 1. The van der Waals surface area contributed by atoms with Crippen molar-refractivity contribution in [3.05, 3.63) is 57.5 Å². The predicted molar refractivity (Wildman–Crippen MR) is 99.4 cm³/mol. The van der Waals surface area contributed by atoms with E-state index in [2.05, 4.69) is 19.7 Å². The Hall–Kier alpha value is -3.08. The zero-order valence-electron chi connectivity index (χ0n) is 16.6. The van der Waals surface area contributed by atoms with E-state index in [1.807, 2.05) is 0 Å². The third-order valence-electron chi connectivity index (χ3n) is 3.68. The molecule has 30 heavy (non-hydrogen) atoms. The lowest BCUT2D eigenvalue weighted by molar-refractivity contribution is -0.275. The highest BCUT2D eigenvalue weighted by Gasteiger charge is 2.32. The van der Waals surface area contributed by atoms with Crippen LogP contribution in [0.15, 0.2) is 34.1 Å². The fraction of sp³-hybridized carbons (Fsp3) is 0.368. The van der Waals surface area contributed by atoms with Crippen molar-refractivity contribution in [3.63, 3.8) is 0 Å². The Morgan fingerprint density at radius 1 is 1.20 bits per heavy atom. The van der Waals surface area contributed by atoms with Crippen molar-refractivity contribution >= 4 is 11.6 Å². The molecule has 0 saturated carbocycles. The number of nitrogens with zero attached hydrogens (tertiary/aromatic N) is 2. The molecule has 1 aromatic heterocycles. The number of hydrogen-bond donors (Lipinski definition) is 1. The number of methoxy groups -OCH3 is 1. The normalized spacial score (nSPS) is 12.7. The van der Waals surface area contributed by atoms with Crippen molar-refractivity contribution in [2.24, 2.45) is 4.99 Å². The van der Waals surface area contributed by atoms with E-state index in [9.17, 15) is 27.2 Å². The van der Waals surface area contributed by atoms with Gasteiger partial charge in [-0.15, -0.1) is 13.2 Å². The third-order valence-corrected chi connectivity index (χ3v) is 3.68. The summed E-state index contributed by atoms with van der Waals surface area (Å²) in [6, 6.07) is 3.56. The van der Waals surface area contributed by atoms with Crippen LogP contribution >= 0.6 is 0 Å². The fourth-order valence-electron chi connectivity index (χ4n) is 2.31. The van der Waals surface area contributed by atoms with Gasteiger partial charge in [-0.25, -0.2) is 14.4 Å². The van der Waals surface area contributed by atoms with Gasteiger partial charge in [-0.05, 0) is 18.2 Å². The molecule has 0 saturated heterocycles. The summed E-state index contributed by atoms with van der Waals surface area (Å²) in [7, 11) is 1.29. The number of amides is 1. The Balaban J connectivity index is 2.43. The molecule has 2 aromatic rings. The molecule has 2 rings (SSSR count). The van der Waals surface area contributed by atoms with Gasteiger partial charge in [0.25, 0.3) is 11.5 Å². The minimum atomic E-state index is -5.06. The van der Waals surface area contributed by atoms with Crippen LogP contribution < -0.4 is 10.3 Å². The molecule has 1 N–H and O–H groups in total. The number of carbonyl (C=O) groups is 1. The standard InChI is InChI=1S/C19H19F4N3O4/c1-18(2,3)17-25-12(8-15(27)26-17)16(28)24-13(9-29-4)10-5-6-14(11(20)7-10)30-19(21,22)23/h5-8H,9H2,1-4H3,(H,25,26,27). The molecular formula is C19H19F4N3O4. The first-order valence-electron chi connectivity index (χ1n) is 8.58. The summed E-state index contributed by atoms with van der Waals surface area (Å²) in [6.45, 7) is 5.10. The van der Waals surface area contributed by atoms with E-state index in [4.69, 9.17) is 4.74 Å². The van der Waals surface area contributed by atoms with Crippen molar-refractivity contribution < 1.29 is 31.8 Å². The number of benzene rings is 1. The summed E-state index contributed by atoms with van der Waals surface area (Å²) in [5.74, 6) is -2.96. The van der Waals surface area contributed by atoms with Crippen LogP contribution in [-0.4, -0.2) is 41.7 Å². The number of aromatic amines is 1. The van der Waals surface area contributed by atoms with Gasteiger partial charge < -0.3 is 14.5 Å². The van der Waals surface area contributed by atoms with Crippen LogP contribution in [0.2, 0.25) is 0 Å². The number of ether oxygens (including phenoxy) is 2. The molecule has 0 bridgehead atoms. The molecule has 0 atom stereocenters. The Morgan fingerprint density at radius 2 is 1.87 bits per heavy atom. The number of hydrogen-bond acceptors (Lipinski definition) is 5. The molecule has 1 aromatic carbocycles. The van der Waals surface area contributed by atoms with E-state index in [1.54, 1.807) is 20.8 Å². The van der Waals surface area contributed by atoms with Gasteiger partial charge in [0.2, 0.25) is 0 Å². The average molecular weight is 429 g/mol. The summed E-state index contributed by atoms with van der Waals surface area (Å²) < 4.78 is 59.4. The number of aliphatic imine (C=N–C) groups is 1. The number of halogens is 4. The molecule has 7 nitrogen and oxygen atoms in total. The molecule has 1 heterocycles. The van der Waals surface area contributed by atoms with Crippen molar-refractivity contribution in [1.29, 1.82) is 0 Å². The summed E-state index contributed by atoms with van der Waals surface area (Å²) in [5, 5.41) is 0. The lowest BCUT2D eigenvalue weighted by atomic mass is 9.95. The molecule has 11 heteroatoms. The van der Waals surface area contributed by atoms with Gasteiger partial charge >= 0.3 is 6.36 Å². The maximum absolute atomic E-state index is 14.0. The molecule has 0 radical (unpaired) electrons. The minimum Gasteiger partial charge on any atom is -0.403 e. The highest BCUT2D eigenvalue weighted by Crippen LogP contribution is 2.26. The van der Waals surface area contributed by atoms with E-state index in [1.165, 1.54) is 7.11 Å². The van der Waals surface area contributed by atoms with E-state index in [0.717, 1.165) is 24.3 Å². The minimum absolute atomic E-state index is 0.00175. The second kappa shape index (κ2) is 8.74. The summed E-state index contributed by atoms with van der Waals surface area (Å²) in [6.07, 6.45) is -5.06. The molecule has 0 aliphatic heterocycles. The maximum Gasteiger partial charge on any atom is 0.573 e.